The first-order valence-electron chi connectivity index (χ1n) is 6.36. The standard InChI is InChI=1S/C14H17N3O/c1-2-17-7-6-13-12(9-17)14(16-15-13)10-4-3-5-11(18)8-10/h3-5,8,18H,2,6-7,9H2,1H3,(H,15,16). The minimum absolute atomic E-state index is 0.285. The van der Waals surface area contributed by atoms with Gasteiger partial charge in [0, 0.05) is 36.3 Å². The zero-order chi connectivity index (χ0) is 12.5. The fourth-order valence-electron chi connectivity index (χ4n) is 2.51. The number of hydrogen-bond acceptors (Lipinski definition) is 3. The van der Waals surface area contributed by atoms with Crippen LogP contribution < -0.4 is 0 Å². The third-order valence-corrected chi connectivity index (χ3v) is 3.58. The molecular weight excluding hydrogens is 226 g/mol. The lowest BCUT2D eigenvalue weighted by atomic mass is 10.0. The Morgan fingerprint density at radius 2 is 2.33 bits per heavy atom. The van der Waals surface area contributed by atoms with E-state index in [0.717, 1.165) is 37.3 Å². The molecule has 0 saturated carbocycles. The van der Waals surface area contributed by atoms with E-state index in [1.807, 2.05) is 12.1 Å². The molecule has 4 nitrogen and oxygen atoms in total. The van der Waals surface area contributed by atoms with Crippen LogP contribution in [0.3, 0.4) is 0 Å². The van der Waals surface area contributed by atoms with Crippen molar-refractivity contribution in [1.29, 1.82) is 0 Å². The van der Waals surface area contributed by atoms with Crippen LogP contribution in [0.1, 0.15) is 18.2 Å². The fraction of sp³-hybridized carbons (Fsp3) is 0.357. The number of aromatic amines is 1. The Morgan fingerprint density at radius 1 is 1.44 bits per heavy atom. The van der Waals surface area contributed by atoms with Crippen molar-refractivity contribution < 1.29 is 5.11 Å². The Kier molecular flexibility index (Phi) is 2.80. The lowest BCUT2D eigenvalue weighted by Gasteiger charge is -2.25. The average Bonchev–Trinajstić information content (AvgIpc) is 2.81. The number of nitrogens with zero attached hydrogens (tertiary/aromatic N) is 2. The molecule has 0 fully saturated rings. The minimum atomic E-state index is 0.285. The number of fused-ring (bicyclic) bond motifs is 1. The summed E-state index contributed by atoms with van der Waals surface area (Å²) in [6, 6.07) is 7.29. The van der Waals surface area contributed by atoms with Crippen LogP contribution in [0.15, 0.2) is 24.3 Å². The van der Waals surface area contributed by atoms with Crippen molar-refractivity contribution >= 4 is 0 Å². The molecule has 0 unspecified atom stereocenters. The Bertz CT molecular complexity index is 562. The average molecular weight is 243 g/mol. The number of aromatic nitrogens is 2. The van der Waals surface area contributed by atoms with E-state index in [-0.39, 0.29) is 5.75 Å². The summed E-state index contributed by atoms with van der Waals surface area (Å²) in [4.78, 5) is 2.41. The SMILES string of the molecule is CCN1CCc2[nH]nc(-c3cccc(O)c3)c2C1. The molecule has 0 bridgehead atoms. The molecule has 2 N–H and O–H groups in total. The Labute approximate surface area is 106 Å². The van der Waals surface area contributed by atoms with E-state index >= 15 is 0 Å². The number of rotatable bonds is 2. The highest BCUT2D eigenvalue weighted by atomic mass is 16.3. The molecule has 1 aromatic heterocycles. The molecule has 1 aliphatic rings. The van der Waals surface area contributed by atoms with Crippen LogP contribution in [0.4, 0.5) is 0 Å². The second-order valence-electron chi connectivity index (χ2n) is 4.70. The maximum atomic E-state index is 9.57. The van der Waals surface area contributed by atoms with E-state index < -0.39 is 0 Å². The van der Waals surface area contributed by atoms with Gasteiger partial charge in [-0.1, -0.05) is 19.1 Å². The molecule has 4 heteroatoms. The van der Waals surface area contributed by atoms with E-state index in [4.69, 9.17) is 0 Å². The highest BCUT2D eigenvalue weighted by Gasteiger charge is 2.21. The fourth-order valence-corrected chi connectivity index (χ4v) is 2.51. The van der Waals surface area contributed by atoms with E-state index in [1.165, 1.54) is 11.3 Å². The van der Waals surface area contributed by atoms with Gasteiger partial charge in [-0.3, -0.25) is 10.00 Å². The second-order valence-corrected chi connectivity index (χ2v) is 4.70. The molecular formula is C14H17N3O. The molecule has 3 rings (SSSR count). The van der Waals surface area contributed by atoms with Crippen LogP contribution in [-0.4, -0.2) is 33.3 Å². The van der Waals surface area contributed by atoms with Gasteiger partial charge in [0.25, 0.3) is 0 Å². The molecule has 0 amide bonds. The van der Waals surface area contributed by atoms with Crippen molar-refractivity contribution in [3.05, 3.63) is 35.5 Å². The first-order chi connectivity index (χ1) is 8.78. The summed E-state index contributed by atoms with van der Waals surface area (Å²) in [5.41, 5.74) is 4.45. The van der Waals surface area contributed by atoms with Crippen LogP contribution in [0.2, 0.25) is 0 Å². The molecule has 0 radical (unpaired) electrons. The van der Waals surface area contributed by atoms with Crippen LogP contribution in [0, 0.1) is 0 Å². The summed E-state index contributed by atoms with van der Waals surface area (Å²) in [6.07, 6.45) is 1.02. The maximum Gasteiger partial charge on any atom is 0.116 e. The molecule has 0 spiro atoms. The van der Waals surface area contributed by atoms with Crippen molar-refractivity contribution in [3.63, 3.8) is 0 Å². The van der Waals surface area contributed by atoms with Crippen LogP contribution >= 0.6 is 0 Å². The van der Waals surface area contributed by atoms with Gasteiger partial charge >= 0.3 is 0 Å². The number of H-pyrrole nitrogens is 1. The first-order valence-corrected chi connectivity index (χ1v) is 6.36. The van der Waals surface area contributed by atoms with Gasteiger partial charge in [0.05, 0.1) is 5.69 Å². The van der Waals surface area contributed by atoms with Gasteiger partial charge in [0.2, 0.25) is 0 Å². The van der Waals surface area contributed by atoms with Gasteiger partial charge in [0.15, 0.2) is 0 Å². The van der Waals surface area contributed by atoms with Gasteiger partial charge in [-0.15, -0.1) is 0 Å². The van der Waals surface area contributed by atoms with Crippen molar-refractivity contribution in [3.8, 4) is 17.0 Å². The summed E-state index contributed by atoms with van der Waals surface area (Å²) >= 11 is 0. The number of phenols is 1. The lowest BCUT2D eigenvalue weighted by molar-refractivity contribution is 0.267. The van der Waals surface area contributed by atoms with Crippen molar-refractivity contribution in [2.45, 2.75) is 19.9 Å². The Hall–Kier alpha value is -1.81. The summed E-state index contributed by atoms with van der Waals surface area (Å²) in [5, 5.41) is 17.1. The largest absolute Gasteiger partial charge is 0.508 e. The number of benzene rings is 1. The third kappa shape index (κ3) is 1.88. The number of aromatic hydroxyl groups is 1. The molecule has 0 aliphatic carbocycles. The number of phenolic OH excluding ortho intramolecular Hbond substituents is 1. The van der Waals surface area contributed by atoms with Crippen molar-refractivity contribution in [2.24, 2.45) is 0 Å². The Morgan fingerprint density at radius 3 is 3.11 bits per heavy atom. The molecule has 94 valence electrons. The molecule has 1 aromatic carbocycles. The van der Waals surface area contributed by atoms with Crippen LogP contribution in [0.5, 0.6) is 5.75 Å². The normalized spacial score (nSPS) is 15.6. The third-order valence-electron chi connectivity index (χ3n) is 3.58. The number of likely N-dealkylation sites (N-methyl/N-ethyl adjacent to an activating group) is 1. The predicted molar refractivity (Wildman–Crippen MR) is 70.3 cm³/mol. The highest BCUT2D eigenvalue weighted by Crippen LogP contribution is 2.29. The summed E-state index contributed by atoms with van der Waals surface area (Å²) in [7, 11) is 0. The van der Waals surface area contributed by atoms with Gasteiger partial charge in [-0.2, -0.15) is 5.10 Å². The maximum absolute atomic E-state index is 9.57. The Balaban J connectivity index is 2.02. The molecule has 0 atom stereocenters. The summed E-state index contributed by atoms with van der Waals surface area (Å²) < 4.78 is 0. The van der Waals surface area contributed by atoms with E-state index in [2.05, 4.69) is 22.0 Å². The summed E-state index contributed by atoms with van der Waals surface area (Å²) in [5.74, 6) is 0.285. The second kappa shape index (κ2) is 4.46. The van der Waals surface area contributed by atoms with Crippen LogP contribution in [0.25, 0.3) is 11.3 Å². The molecule has 0 saturated heterocycles. The van der Waals surface area contributed by atoms with Gasteiger partial charge in [-0.05, 0) is 18.7 Å². The smallest absolute Gasteiger partial charge is 0.116 e. The molecule has 2 aromatic rings. The van der Waals surface area contributed by atoms with E-state index in [9.17, 15) is 5.11 Å². The van der Waals surface area contributed by atoms with Gasteiger partial charge in [0.1, 0.15) is 5.75 Å². The zero-order valence-corrected chi connectivity index (χ0v) is 10.5. The topological polar surface area (TPSA) is 52.2 Å². The van der Waals surface area contributed by atoms with E-state index in [0.29, 0.717) is 0 Å². The molecule has 2 heterocycles. The quantitative estimate of drug-likeness (QED) is 0.849. The van der Waals surface area contributed by atoms with Gasteiger partial charge in [-0.25, -0.2) is 0 Å². The highest BCUT2D eigenvalue weighted by molar-refractivity contribution is 5.65. The molecule has 18 heavy (non-hydrogen) atoms. The number of hydrogen-bond donors (Lipinski definition) is 2. The van der Waals surface area contributed by atoms with Gasteiger partial charge < -0.3 is 5.11 Å². The first kappa shape index (κ1) is 11.3. The van der Waals surface area contributed by atoms with Crippen LogP contribution in [-0.2, 0) is 13.0 Å². The predicted octanol–water partition coefficient (Wildman–Crippen LogP) is 2.16. The lowest BCUT2D eigenvalue weighted by Crippen LogP contribution is -2.30. The molecule has 1 aliphatic heterocycles. The summed E-state index contributed by atoms with van der Waals surface area (Å²) in [6.45, 7) is 5.27. The van der Waals surface area contributed by atoms with Crippen molar-refractivity contribution in [1.82, 2.24) is 15.1 Å². The monoisotopic (exact) mass is 243 g/mol. The van der Waals surface area contributed by atoms with E-state index in [1.54, 1.807) is 12.1 Å². The zero-order valence-electron chi connectivity index (χ0n) is 10.5. The van der Waals surface area contributed by atoms with Crippen molar-refractivity contribution in [2.75, 3.05) is 13.1 Å². The number of nitrogens with one attached hydrogen (secondary N) is 1. The minimum Gasteiger partial charge on any atom is -0.508 e.